The average Bonchev–Trinajstić information content (AvgIpc) is 1.83. The molecule has 0 aliphatic rings. The number of alkyl halides is 4. The lowest BCUT2D eigenvalue weighted by Gasteiger charge is -2.07. The Morgan fingerprint density at radius 2 is 2.00 bits per heavy atom. The Balaban J connectivity index is 4.67. The van der Waals surface area contributed by atoms with Gasteiger partial charge in [-0.1, -0.05) is 22.0 Å². The van der Waals surface area contributed by atoms with Gasteiger partial charge in [0.25, 0.3) is 0 Å². The predicted octanol–water partition coefficient (Wildman–Crippen LogP) is 2.96. The molecule has 0 saturated carbocycles. The monoisotopic (exact) mass is 243 g/mol. The highest BCUT2D eigenvalue weighted by molar-refractivity contribution is 9.09. The van der Waals surface area contributed by atoms with Gasteiger partial charge in [0.05, 0.1) is 5.57 Å². The Morgan fingerprint density at radius 1 is 1.50 bits per heavy atom. The molecule has 0 bridgehead atoms. The SMILES string of the molecule is CN=C/C(=C\C(C)Br)C(F)(F)F. The normalized spacial score (nSPS) is 17.0. The van der Waals surface area contributed by atoms with E-state index in [4.69, 9.17) is 0 Å². The van der Waals surface area contributed by atoms with E-state index >= 15 is 0 Å². The van der Waals surface area contributed by atoms with Gasteiger partial charge in [0, 0.05) is 18.1 Å². The van der Waals surface area contributed by atoms with E-state index in [0.29, 0.717) is 0 Å². The third kappa shape index (κ3) is 4.54. The van der Waals surface area contributed by atoms with Crippen molar-refractivity contribution in [3.05, 3.63) is 11.6 Å². The first-order chi connectivity index (χ1) is 5.38. The number of hydrogen-bond acceptors (Lipinski definition) is 1. The molecule has 0 aliphatic heterocycles. The second-order valence-corrected chi connectivity index (χ2v) is 3.63. The highest BCUT2D eigenvalue weighted by Gasteiger charge is 2.32. The Kier molecular flexibility index (Phi) is 4.52. The molecule has 1 nitrogen and oxygen atoms in total. The van der Waals surface area contributed by atoms with Crippen molar-refractivity contribution in [2.75, 3.05) is 7.05 Å². The van der Waals surface area contributed by atoms with Crippen LogP contribution in [0.25, 0.3) is 0 Å². The molecule has 1 unspecified atom stereocenters. The highest BCUT2D eigenvalue weighted by atomic mass is 79.9. The van der Waals surface area contributed by atoms with Crippen molar-refractivity contribution in [2.45, 2.75) is 17.9 Å². The van der Waals surface area contributed by atoms with Crippen LogP contribution < -0.4 is 0 Å². The molecule has 70 valence electrons. The van der Waals surface area contributed by atoms with E-state index in [-0.39, 0.29) is 4.83 Å². The summed E-state index contributed by atoms with van der Waals surface area (Å²) in [5.41, 5.74) is -0.727. The van der Waals surface area contributed by atoms with Crippen molar-refractivity contribution in [1.29, 1.82) is 0 Å². The van der Waals surface area contributed by atoms with Crippen LogP contribution in [-0.2, 0) is 0 Å². The predicted molar refractivity (Wildman–Crippen MR) is 46.9 cm³/mol. The molecule has 0 aromatic rings. The van der Waals surface area contributed by atoms with Gasteiger partial charge in [-0.3, -0.25) is 4.99 Å². The van der Waals surface area contributed by atoms with E-state index in [9.17, 15) is 13.2 Å². The van der Waals surface area contributed by atoms with Crippen LogP contribution >= 0.6 is 15.9 Å². The van der Waals surface area contributed by atoms with Gasteiger partial charge in [-0.2, -0.15) is 13.2 Å². The number of hydrogen-bond donors (Lipinski definition) is 0. The molecule has 0 rings (SSSR count). The van der Waals surface area contributed by atoms with Crippen LogP contribution in [0.5, 0.6) is 0 Å². The Bertz CT molecular complexity index is 193. The molecule has 0 heterocycles. The van der Waals surface area contributed by atoms with Gasteiger partial charge in [0.1, 0.15) is 0 Å². The van der Waals surface area contributed by atoms with E-state index in [1.54, 1.807) is 6.92 Å². The highest BCUT2D eigenvalue weighted by Crippen LogP contribution is 2.25. The fraction of sp³-hybridized carbons (Fsp3) is 0.571. The molecular formula is C7H9BrF3N. The lowest BCUT2D eigenvalue weighted by molar-refractivity contribution is -0.0857. The fourth-order valence-corrected chi connectivity index (χ4v) is 0.882. The molecule has 0 radical (unpaired) electrons. The fourth-order valence-electron chi connectivity index (χ4n) is 0.597. The summed E-state index contributed by atoms with van der Waals surface area (Å²) in [6, 6.07) is 0. The topological polar surface area (TPSA) is 12.4 Å². The largest absolute Gasteiger partial charge is 0.417 e. The van der Waals surface area contributed by atoms with Gasteiger partial charge in [0.15, 0.2) is 0 Å². The summed E-state index contributed by atoms with van der Waals surface area (Å²) in [5.74, 6) is 0. The first-order valence-corrected chi connectivity index (χ1v) is 4.14. The summed E-state index contributed by atoms with van der Waals surface area (Å²) >= 11 is 3.00. The first-order valence-electron chi connectivity index (χ1n) is 3.23. The minimum atomic E-state index is -4.32. The van der Waals surface area contributed by atoms with Crippen molar-refractivity contribution in [2.24, 2.45) is 4.99 Å². The van der Waals surface area contributed by atoms with Crippen molar-refractivity contribution in [1.82, 2.24) is 0 Å². The second-order valence-electron chi connectivity index (χ2n) is 2.18. The first kappa shape index (κ1) is 11.7. The third-order valence-corrected chi connectivity index (χ3v) is 1.27. The minimum absolute atomic E-state index is 0.313. The summed E-state index contributed by atoms with van der Waals surface area (Å²) < 4.78 is 36.3. The maximum absolute atomic E-state index is 12.1. The Labute approximate surface area is 77.5 Å². The molecule has 5 heteroatoms. The molecule has 0 spiro atoms. The smallest absolute Gasteiger partial charge is 0.296 e. The lowest BCUT2D eigenvalue weighted by Crippen LogP contribution is -2.14. The molecule has 0 amide bonds. The molecule has 0 fully saturated rings. The van der Waals surface area contributed by atoms with Gasteiger partial charge >= 0.3 is 6.18 Å². The summed E-state index contributed by atoms with van der Waals surface area (Å²) in [7, 11) is 1.30. The van der Waals surface area contributed by atoms with E-state index < -0.39 is 11.7 Å². The molecular weight excluding hydrogens is 235 g/mol. The van der Waals surface area contributed by atoms with Crippen LogP contribution in [0, 0.1) is 0 Å². The maximum atomic E-state index is 12.1. The number of allylic oxidation sites excluding steroid dienone is 2. The van der Waals surface area contributed by atoms with Gasteiger partial charge in [-0.15, -0.1) is 0 Å². The molecule has 1 atom stereocenters. The summed E-state index contributed by atoms with van der Waals surface area (Å²) in [4.78, 5) is 3.01. The average molecular weight is 244 g/mol. The zero-order valence-electron chi connectivity index (χ0n) is 6.69. The van der Waals surface area contributed by atoms with E-state index in [1.165, 1.54) is 7.05 Å². The summed E-state index contributed by atoms with van der Waals surface area (Å²) in [6.45, 7) is 1.61. The summed E-state index contributed by atoms with van der Waals surface area (Å²) in [6.07, 6.45) is -2.45. The maximum Gasteiger partial charge on any atom is 0.417 e. The van der Waals surface area contributed by atoms with Crippen molar-refractivity contribution in [3.8, 4) is 0 Å². The lowest BCUT2D eigenvalue weighted by atomic mass is 10.2. The molecule has 0 N–H and O–H groups in total. The number of rotatable bonds is 2. The summed E-state index contributed by atoms with van der Waals surface area (Å²) in [5, 5.41) is 0. The zero-order valence-corrected chi connectivity index (χ0v) is 8.28. The quantitative estimate of drug-likeness (QED) is 0.523. The molecule has 0 aliphatic carbocycles. The second kappa shape index (κ2) is 4.64. The number of aliphatic imine (C=N–C) groups is 1. The van der Waals surface area contributed by atoms with E-state index in [1.807, 2.05) is 0 Å². The molecule has 0 aromatic carbocycles. The Hall–Kier alpha value is -0.320. The van der Waals surface area contributed by atoms with Crippen LogP contribution in [0.1, 0.15) is 6.92 Å². The number of halogens is 4. The van der Waals surface area contributed by atoms with Gasteiger partial charge < -0.3 is 0 Å². The third-order valence-electron chi connectivity index (χ3n) is 1.00. The molecule has 0 aromatic heterocycles. The zero-order chi connectivity index (χ0) is 9.78. The van der Waals surface area contributed by atoms with E-state index in [0.717, 1.165) is 12.3 Å². The van der Waals surface area contributed by atoms with Gasteiger partial charge in [-0.05, 0) is 6.92 Å². The van der Waals surface area contributed by atoms with Crippen molar-refractivity contribution in [3.63, 3.8) is 0 Å². The van der Waals surface area contributed by atoms with Crippen molar-refractivity contribution < 1.29 is 13.2 Å². The van der Waals surface area contributed by atoms with Crippen LogP contribution in [-0.4, -0.2) is 24.3 Å². The van der Waals surface area contributed by atoms with Crippen LogP contribution in [0.2, 0.25) is 0 Å². The van der Waals surface area contributed by atoms with Crippen molar-refractivity contribution >= 4 is 22.1 Å². The Morgan fingerprint density at radius 3 is 2.25 bits per heavy atom. The van der Waals surface area contributed by atoms with Crippen LogP contribution in [0.15, 0.2) is 16.6 Å². The minimum Gasteiger partial charge on any atom is -0.296 e. The van der Waals surface area contributed by atoms with Gasteiger partial charge in [-0.25, -0.2) is 0 Å². The molecule has 12 heavy (non-hydrogen) atoms. The molecule has 0 saturated heterocycles. The standard InChI is InChI=1S/C7H9BrF3N/c1-5(8)3-6(4-12-2)7(9,10)11/h3-5H,1-2H3/b6-3+,12-4?. The van der Waals surface area contributed by atoms with E-state index in [2.05, 4.69) is 20.9 Å². The van der Waals surface area contributed by atoms with Crippen LogP contribution in [0.3, 0.4) is 0 Å². The van der Waals surface area contributed by atoms with Gasteiger partial charge in [0.2, 0.25) is 0 Å². The number of nitrogens with zero attached hydrogens (tertiary/aromatic N) is 1. The van der Waals surface area contributed by atoms with Crippen LogP contribution in [0.4, 0.5) is 13.2 Å².